The second-order valence-electron chi connectivity index (χ2n) is 7.65. The molecule has 6 heteroatoms. The Morgan fingerprint density at radius 1 is 1.07 bits per heavy atom. The van der Waals surface area contributed by atoms with Crippen molar-refractivity contribution in [3.63, 3.8) is 0 Å². The third kappa shape index (κ3) is 5.11. The third-order valence-corrected chi connectivity index (χ3v) is 6.38. The summed E-state index contributed by atoms with van der Waals surface area (Å²) in [6, 6.07) is 13.8. The van der Waals surface area contributed by atoms with Crippen molar-refractivity contribution >= 4 is 40.1 Å². The van der Waals surface area contributed by atoms with Gasteiger partial charge in [-0.3, -0.25) is 14.5 Å². The molecule has 1 aliphatic rings. The number of amidine groups is 1. The van der Waals surface area contributed by atoms with E-state index in [1.807, 2.05) is 63.2 Å². The monoisotopic (exact) mass is 423 g/mol. The zero-order valence-corrected chi connectivity index (χ0v) is 18.9. The molecule has 0 spiro atoms. The van der Waals surface area contributed by atoms with Gasteiger partial charge in [-0.25, -0.2) is 4.99 Å². The molecule has 158 valence electrons. The molecule has 1 heterocycles. The normalized spacial score (nSPS) is 17.6. The lowest BCUT2D eigenvalue weighted by Crippen LogP contribution is -2.34. The van der Waals surface area contributed by atoms with Crippen LogP contribution in [0.3, 0.4) is 0 Å². The van der Waals surface area contributed by atoms with Crippen LogP contribution in [0.25, 0.3) is 0 Å². The highest BCUT2D eigenvalue weighted by molar-refractivity contribution is 8.15. The number of nitrogens with one attached hydrogen (secondary N) is 1. The molecule has 2 amide bonds. The molecule has 0 unspecified atom stereocenters. The van der Waals surface area contributed by atoms with E-state index in [4.69, 9.17) is 4.99 Å². The molecule has 0 saturated carbocycles. The van der Waals surface area contributed by atoms with Gasteiger partial charge in [0, 0.05) is 18.7 Å². The van der Waals surface area contributed by atoms with Gasteiger partial charge in [-0.2, -0.15) is 0 Å². The highest BCUT2D eigenvalue weighted by atomic mass is 32.2. The number of hydrogen-bond donors (Lipinski definition) is 1. The van der Waals surface area contributed by atoms with Crippen LogP contribution in [-0.4, -0.2) is 33.7 Å². The summed E-state index contributed by atoms with van der Waals surface area (Å²) in [6.45, 7) is 8.67. The molecule has 1 saturated heterocycles. The summed E-state index contributed by atoms with van der Waals surface area (Å²) in [5, 5.41) is 3.23. The van der Waals surface area contributed by atoms with Crippen molar-refractivity contribution in [3.8, 4) is 0 Å². The fraction of sp³-hybridized carbons (Fsp3) is 0.375. The molecule has 0 aliphatic carbocycles. The number of rotatable bonds is 7. The number of carbonyl (C=O) groups excluding carboxylic acids is 2. The molecule has 0 bridgehead atoms. The van der Waals surface area contributed by atoms with Crippen LogP contribution in [0.5, 0.6) is 0 Å². The van der Waals surface area contributed by atoms with E-state index >= 15 is 0 Å². The van der Waals surface area contributed by atoms with Gasteiger partial charge >= 0.3 is 0 Å². The predicted molar refractivity (Wildman–Crippen MR) is 125 cm³/mol. The van der Waals surface area contributed by atoms with E-state index in [2.05, 4.69) is 12.2 Å². The van der Waals surface area contributed by atoms with Crippen molar-refractivity contribution in [2.75, 3.05) is 11.9 Å². The molecule has 0 radical (unpaired) electrons. The molecule has 1 atom stereocenters. The molecule has 0 aromatic heterocycles. The van der Waals surface area contributed by atoms with E-state index in [1.54, 1.807) is 4.90 Å². The third-order valence-electron chi connectivity index (χ3n) is 5.20. The lowest BCUT2D eigenvalue weighted by Gasteiger charge is -2.16. The second-order valence-corrected chi connectivity index (χ2v) is 8.82. The summed E-state index contributed by atoms with van der Waals surface area (Å²) in [6.07, 6.45) is 2.02. The van der Waals surface area contributed by atoms with Crippen LogP contribution in [-0.2, 0) is 9.59 Å². The molecular formula is C24H29N3O2S. The molecule has 2 aromatic rings. The first-order valence-corrected chi connectivity index (χ1v) is 11.3. The van der Waals surface area contributed by atoms with Crippen molar-refractivity contribution in [2.45, 2.75) is 52.2 Å². The zero-order valence-electron chi connectivity index (χ0n) is 18.1. The topological polar surface area (TPSA) is 61.8 Å². The highest BCUT2D eigenvalue weighted by Crippen LogP contribution is 2.33. The summed E-state index contributed by atoms with van der Waals surface area (Å²) in [5.74, 6) is -0.178. The van der Waals surface area contributed by atoms with Crippen LogP contribution in [0.1, 0.15) is 42.9 Å². The Balaban J connectivity index is 1.78. The van der Waals surface area contributed by atoms with Crippen LogP contribution in [0.2, 0.25) is 0 Å². The van der Waals surface area contributed by atoms with Crippen LogP contribution >= 0.6 is 11.8 Å². The summed E-state index contributed by atoms with van der Waals surface area (Å²) in [7, 11) is 0. The fourth-order valence-corrected chi connectivity index (χ4v) is 4.59. The minimum absolute atomic E-state index is 0.0301. The van der Waals surface area contributed by atoms with Gasteiger partial charge in [0.25, 0.3) is 0 Å². The fourth-order valence-electron chi connectivity index (χ4n) is 3.41. The van der Waals surface area contributed by atoms with Gasteiger partial charge in [0.2, 0.25) is 11.8 Å². The SMILES string of the molecule is CCCCN1C(=O)[C@H](CC(=O)Nc2c(C)cccc2C)SC1=Nc1ccccc1C. The van der Waals surface area contributed by atoms with Gasteiger partial charge in [0.1, 0.15) is 5.25 Å². The number of para-hydroxylation sites is 2. The number of benzene rings is 2. The molecule has 2 aromatic carbocycles. The van der Waals surface area contributed by atoms with Gasteiger partial charge in [-0.1, -0.05) is 61.5 Å². The standard InChI is InChI=1S/C24H29N3O2S/c1-5-6-14-27-23(29)20(30-24(27)25-19-13-8-7-10-16(19)2)15-21(28)26-22-17(3)11-9-12-18(22)4/h7-13,20H,5-6,14-15H2,1-4H3,(H,26,28)/t20-/m0/s1. The van der Waals surface area contributed by atoms with Crippen LogP contribution in [0.15, 0.2) is 47.5 Å². The van der Waals surface area contributed by atoms with E-state index < -0.39 is 5.25 Å². The summed E-state index contributed by atoms with van der Waals surface area (Å²) in [4.78, 5) is 32.3. The van der Waals surface area contributed by atoms with Crippen molar-refractivity contribution in [3.05, 3.63) is 59.2 Å². The van der Waals surface area contributed by atoms with E-state index in [-0.39, 0.29) is 18.2 Å². The predicted octanol–water partition coefficient (Wildman–Crippen LogP) is 5.37. The Hall–Kier alpha value is -2.60. The number of unbranched alkanes of at least 4 members (excludes halogenated alkanes) is 1. The van der Waals surface area contributed by atoms with Gasteiger partial charge in [-0.15, -0.1) is 0 Å². The Kier molecular flexibility index (Phi) is 7.32. The Morgan fingerprint density at radius 3 is 2.40 bits per heavy atom. The summed E-state index contributed by atoms with van der Waals surface area (Å²) in [5.41, 5.74) is 4.77. The van der Waals surface area contributed by atoms with Crippen LogP contribution in [0, 0.1) is 20.8 Å². The number of aryl methyl sites for hydroxylation is 3. The maximum absolute atomic E-state index is 13.1. The molecule has 1 aliphatic heterocycles. The average molecular weight is 424 g/mol. The molecule has 30 heavy (non-hydrogen) atoms. The van der Waals surface area contributed by atoms with Gasteiger partial charge in [-0.05, 0) is 49.9 Å². The number of anilines is 1. The summed E-state index contributed by atoms with van der Waals surface area (Å²) >= 11 is 1.39. The number of amides is 2. The number of aliphatic imine (C=N–C) groups is 1. The molecular weight excluding hydrogens is 394 g/mol. The molecule has 3 rings (SSSR count). The highest BCUT2D eigenvalue weighted by Gasteiger charge is 2.39. The molecule has 1 N–H and O–H groups in total. The van der Waals surface area contributed by atoms with Crippen molar-refractivity contribution < 1.29 is 9.59 Å². The number of carbonyl (C=O) groups is 2. The van der Waals surface area contributed by atoms with Crippen LogP contribution < -0.4 is 5.32 Å². The quantitative estimate of drug-likeness (QED) is 0.651. The molecule has 1 fully saturated rings. The average Bonchev–Trinajstić information content (AvgIpc) is 2.99. The maximum atomic E-state index is 13.1. The van der Waals surface area contributed by atoms with Crippen molar-refractivity contribution in [1.29, 1.82) is 0 Å². The van der Waals surface area contributed by atoms with Crippen LogP contribution in [0.4, 0.5) is 11.4 Å². The van der Waals surface area contributed by atoms with Crippen molar-refractivity contribution in [2.24, 2.45) is 4.99 Å². The zero-order chi connectivity index (χ0) is 21.7. The van der Waals surface area contributed by atoms with E-state index in [1.165, 1.54) is 11.8 Å². The Morgan fingerprint density at radius 2 is 1.73 bits per heavy atom. The first kappa shape index (κ1) is 22.1. The number of hydrogen-bond acceptors (Lipinski definition) is 4. The summed E-state index contributed by atoms with van der Waals surface area (Å²) < 4.78 is 0. The van der Waals surface area contributed by atoms with Gasteiger partial charge in [0.15, 0.2) is 5.17 Å². The smallest absolute Gasteiger partial charge is 0.242 e. The number of thioether (sulfide) groups is 1. The van der Waals surface area contributed by atoms with Gasteiger partial charge in [0.05, 0.1) is 5.69 Å². The van der Waals surface area contributed by atoms with E-state index in [0.29, 0.717) is 11.7 Å². The minimum atomic E-state index is -0.450. The lowest BCUT2D eigenvalue weighted by molar-refractivity contribution is -0.128. The first-order chi connectivity index (χ1) is 14.4. The maximum Gasteiger partial charge on any atom is 0.242 e. The largest absolute Gasteiger partial charge is 0.326 e. The van der Waals surface area contributed by atoms with Gasteiger partial charge < -0.3 is 5.32 Å². The lowest BCUT2D eigenvalue weighted by atomic mass is 10.1. The first-order valence-electron chi connectivity index (χ1n) is 10.4. The van der Waals surface area contributed by atoms with E-state index in [9.17, 15) is 9.59 Å². The van der Waals surface area contributed by atoms with Crippen molar-refractivity contribution in [1.82, 2.24) is 4.90 Å². The van der Waals surface area contributed by atoms with E-state index in [0.717, 1.165) is 40.9 Å². The number of nitrogens with zero attached hydrogens (tertiary/aromatic N) is 2. The minimum Gasteiger partial charge on any atom is -0.326 e. The second kappa shape index (κ2) is 9.94. The molecule has 5 nitrogen and oxygen atoms in total. The Labute approximate surface area is 183 Å². The Bertz CT molecular complexity index is 950.